The van der Waals surface area contributed by atoms with E-state index >= 15 is 0 Å². The van der Waals surface area contributed by atoms with Crippen LogP contribution in [0, 0.1) is 0 Å². The molecule has 1 aliphatic rings. The molecule has 0 saturated carbocycles. The molecule has 4 N–H and O–H groups in total. The van der Waals surface area contributed by atoms with E-state index < -0.39 is 0 Å². The number of hydrogen-bond donors (Lipinski definition) is 3. The summed E-state index contributed by atoms with van der Waals surface area (Å²) in [6.45, 7) is 3.82. The van der Waals surface area contributed by atoms with E-state index in [1.54, 1.807) is 0 Å². The molecule has 112 valence electrons. The molecule has 1 aromatic heterocycles. The second-order valence-corrected chi connectivity index (χ2v) is 5.71. The summed E-state index contributed by atoms with van der Waals surface area (Å²) in [5.41, 5.74) is 9.10. The number of nitrogens with two attached hydrogens (primary N) is 1. The third kappa shape index (κ3) is 3.34. The Labute approximate surface area is 126 Å². The summed E-state index contributed by atoms with van der Waals surface area (Å²) in [6.07, 6.45) is 3.33. The van der Waals surface area contributed by atoms with Gasteiger partial charge in [0.05, 0.1) is 5.52 Å². The maximum Gasteiger partial charge on any atom is 0.0726 e. The summed E-state index contributed by atoms with van der Waals surface area (Å²) in [6, 6.07) is 10.6. The van der Waals surface area contributed by atoms with Crippen LogP contribution in [0.4, 0.5) is 5.69 Å². The van der Waals surface area contributed by atoms with Crippen molar-refractivity contribution in [2.75, 3.05) is 31.5 Å². The molecule has 4 heteroatoms. The molecule has 3 rings (SSSR count). The van der Waals surface area contributed by atoms with Gasteiger partial charge in [0.25, 0.3) is 0 Å². The van der Waals surface area contributed by atoms with Crippen molar-refractivity contribution in [3.8, 4) is 0 Å². The fraction of sp³-hybridized carbons (Fsp3) is 0.471. The van der Waals surface area contributed by atoms with Crippen LogP contribution in [0.25, 0.3) is 10.9 Å². The van der Waals surface area contributed by atoms with Crippen LogP contribution in [0.3, 0.4) is 0 Å². The van der Waals surface area contributed by atoms with Gasteiger partial charge in [-0.3, -0.25) is 4.98 Å². The van der Waals surface area contributed by atoms with E-state index in [1.165, 1.54) is 29.6 Å². The van der Waals surface area contributed by atoms with Crippen LogP contribution in [0.1, 0.15) is 30.9 Å². The van der Waals surface area contributed by atoms with Gasteiger partial charge in [0.15, 0.2) is 0 Å². The molecule has 0 bridgehead atoms. The van der Waals surface area contributed by atoms with Gasteiger partial charge in [0.2, 0.25) is 0 Å². The summed E-state index contributed by atoms with van der Waals surface area (Å²) in [5.74, 6) is 0.575. The zero-order valence-electron chi connectivity index (χ0n) is 12.4. The standard InChI is InChI=1S/C17H24N4/c18-8-3-9-20-17-12-16(13-6-10-19-11-7-13)21-15-5-2-1-4-14(15)17/h1-2,4-5,12-13,19H,3,6-11,18H2,(H,20,21). The molecule has 21 heavy (non-hydrogen) atoms. The number of anilines is 1. The first-order valence-corrected chi connectivity index (χ1v) is 7.93. The molecule has 0 atom stereocenters. The normalized spacial score (nSPS) is 16.2. The van der Waals surface area contributed by atoms with Crippen LogP contribution in [0.2, 0.25) is 0 Å². The molecule has 1 aliphatic heterocycles. The predicted octanol–water partition coefficient (Wildman–Crippen LogP) is 2.46. The predicted molar refractivity (Wildman–Crippen MR) is 88.7 cm³/mol. The minimum absolute atomic E-state index is 0.575. The molecule has 2 aromatic rings. The first-order valence-electron chi connectivity index (χ1n) is 7.93. The molecule has 2 heterocycles. The van der Waals surface area contributed by atoms with Crippen molar-refractivity contribution in [1.82, 2.24) is 10.3 Å². The second kappa shape index (κ2) is 6.87. The van der Waals surface area contributed by atoms with Crippen molar-refractivity contribution in [2.24, 2.45) is 5.73 Å². The van der Waals surface area contributed by atoms with Gasteiger partial charge in [0.1, 0.15) is 0 Å². The molecule has 1 saturated heterocycles. The lowest BCUT2D eigenvalue weighted by Crippen LogP contribution is -2.27. The van der Waals surface area contributed by atoms with Crippen molar-refractivity contribution >= 4 is 16.6 Å². The topological polar surface area (TPSA) is 63.0 Å². The lowest BCUT2D eigenvalue weighted by molar-refractivity contribution is 0.454. The minimum Gasteiger partial charge on any atom is -0.384 e. The Morgan fingerprint density at radius 1 is 1.24 bits per heavy atom. The number of fused-ring (bicyclic) bond motifs is 1. The van der Waals surface area contributed by atoms with E-state index in [9.17, 15) is 0 Å². The number of aromatic nitrogens is 1. The first-order chi connectivity index (χ1) is 10.4. The van der Waals surface area contributed by atoms with Crippen molar-refractivity contribution in [3.05, 3.63) is 36.0 Å². The van der Waals surface area contributed by atoms with Crippen molar-refractivity contribution in [2.45, 2.75) is 25.2 Å². The van der Waals surface area contributed by atoms with Crippen molar-refractivity contribution in [3.63, 3.8) is 0 Å². The number of piperidine rings is 1. The number of pyridine rings is 1. The Morgan fingerprint density at radius 2 is 2.05 bits per heavy atom. The number of rotatable bonds is 5. The van der Waals surface area contributed by atoms with Gasteiger partial charge in [-0.1, -0.05) is 18.2 Å². The van der Waals surface area contributed by atoms with Crippen LogP contribution in [-0.2, 0) is 0 Å². The van der Waals surface area contributed by atoms with Gasteiger partial charge >= 0.3 is 0 Å². The first kappa shape index (κ1) is 14.3. The average molecular weight is 284 g/mol. The van der Waals surface area contributed by atoms with Crippen LogP contribution in [-0.4, -0.2) is 31.2 Å². The maximum absolute atomic E-state index is 5.59. The molecule has 0 amide bonds. The fourth-order valence-corrected chi connectivity index (χ4v) is 2.99. The molecule has 0 radical (unpaired) electrons. The van der Waals surface area contributed by atoms with Gasteiger partial charge in [-0.05, 0) is 51.0 Å². The van der Waals surface area contributed by atoms with E-state index in [1.807, 2.05) is 0 Å². The van der Waals surface area contributed by atoms with Gasteiger partial charge in [-0.2, -0.15) is 0 Å². The summed E-state index contributed by atoms with van der Waals surface area (Å²) >= 11 is 0. The molecule has 0 spiro atoms. The zero-order valence-corrected chi connectivity index (χ0v) is 12.4. The number of para-hydroxylation sites is 1. The van der Waals surface area contributed by atoms with Crippen LogP contribution in [0.15, 0.2) is 30.3 Å². The van der Waals surface area contributed by atoms with Gasteiger partial charge < -0.3 is 16.4 Å². The summed E-state index contributed by atoms with van der Waals surface area (Å²) in [5, 5.41) is 8.15. The van der Waals surface area contributed by atoms with Gasteiger partial charge in [-0.15, -0.1) is 0 Å². The summed E-state index contributed by atoms with van der Waals surface area (Å²) in [4.78, 5) is 4.90. The monoisotopic (exact) mass is 284 g/mol. The lowest BCUT2D eigenvalue weighted by atomic mass is 9.93. The molecule has 4 nitrogen and oxygen atoms in total. The molecular formula is C17H24N4. The SMILES string of the molecule is NCCCNc1cc(C2CCNCC2)nc2ccccc12. The van der Waals surface area contributed by atoms with Crippen LogP contribution in [0.5, 0.6) is 0 Å². The Morgan fingerprint density at radius 3 is 2.86 bits per heavy atom. The summed E-state index contributed by atoms with van der Waals surface area (Å²) in [7, 11) is 0. The zero-order chi connectivity index (χ0) is 14.5. The van der Waals surface area contributed by atoms with Crippen LogP contribution >= 0.6 is 0 Å². The molecule has 1 aromatic carbocycles. The highest BCUT2D eigenvalue weighted by Gasteiger charge is 2.18. The fourth-order valence-electron chi connectivity index (χ4n) is 2.99. The van der Waals surface area contributed by atoms with Gasteiger partial charge in [0, 0.05) is 29.2 Å². The van der Waals surface area contributed by atoms with Gasteiger partial charge in [-0.25, -0.2) is 0 Å². The van der Waals surface area contributed by atoms with E-state index in [0.717, 1.165) is 38.1 Å². The van der Waals surface area contributed by atoms with Crippen molar-refractivity contribution < 1.29 is 0 Å². The Bertz CT molecular complexity index is 590. The lowest BCUT2D eigenvalue weighted by Gasteiger charge is -2.23. The van der Waals surface area contributed by atoms with E-state index in [0.29, 0.717) is 5.92 Å². The number of nitrogens with one attached hydrogen (secondary N) is 2. The molecule has 1 fully saturated rings. The highest BCUT2D eigenvalue weighted by Crippen LogP contribution is 2.30. The second-order valence-electron chi connectivity index (χ2n) is 5.71. The van der Waals surface area contributed by atoms with Crippen molar-refractivity contribution in [1.29, 1.82) is 0 Å². The average Bonchev–Trinajstić information content (AvgIpc) is 2.55. The number of benzene rings is 1. The molecular weight excluding hydrogens is 260 g/mol. The Kier molecular flexibility index (Phi) is 4.68. The smallest absolute Gasteiger partial charge is 0.0726 e. The van der Waals surface area contributed by atoms with E-state index in [2.05, 4.69) is 41.0 Å². The van der Waals surface area contributed by atoms with E-state index in [-0.39, 0.29) is 0 Å². The van der Waals surface area contributed by atoms with Crippen LogP contribution < -0.4 is 16.4 Å². The Balaban J connectivity index is 1.93. The molecule has 0 aliphatic carbocycles. The highest BCUT2D eigenvalue weighted by molar-refractivity contribution is 5.91. The summed E-state index contributed by atoms with van der Waals surface area (Å²) < 4.78 is 0. The quantitative estimate of drug-likeness (QED) is 0.738. The maximum atomic E-state index is 5.59. The highest BCUT2D eigenvalue weighted by atomic mass is 14.9. The number of hydrogen-bond acceptors (Lipinski definition) is 4. The third-order valence-electron chi connectivity index (χ3n) is 4.19. The Hall–Kier alpha value is -1.65. The molecule has 0 unspecified atom stereocenters. The minimum atomic E-state index is 0.575. The number of nitrogens with zero attached hydrogens (tertiary/aromatic N) is 1. The van der Waals surface area contributed by atoms with E-state index in [4.69, 9.17) is 10.7 Å². The third-order valence-corrected chi connectivity index (χ3v) is 4.19. The largest absolute Gasteiger partial charge is 0.384 e.